The zero-order valence-corrected chi connectivity index (χ0v) is 15.5. The third-order valence-electron chi connectivity index (χ3n) is 5.98. The van der Waals surface area contributed by atoms with Gasteiger partial charge in [-0.15, -0.1) is 0 Å². The highest BCUT2D eigenvalue weighted by Crippen LogP contribution is 2.48. The summed E-state index contributed by atoms with van der Waals surface area (Å²) in [5, 5.41) is 12.2. The second-order valence-corrected chi connectivity index (χ2v) is 7.66. The Bertz CT molecular complexity index is 849. The summed E-state index contributed by atoms with van der Waals surface area (Å²) in [4.78, 5) is 26.5. The van der Waals surface area contributed by atoms with Crippen LogP contribution in [0.3, 0.4) is 0 Å². The average Bonchev–Trinajstić information content (AvgIpc) is 3.29. The molecular weight excluding hydrogens is 389 g/mol. The number of ether oxygens (including phenoxy) is 1. The fourth-order valence-corrected chi connectivity index (χ4v) is 4.62. The average molecular weight is 410 g/mol. The van der Waals surface area contributed by atoms with Crippen LogP contribution in [-0.4, -0.2) is 43.3 Å². The number of benzene rings is 1. The van der Waals surface area contributed by atoms with Gasteiger partial charge in [-0.3, -0.25) is 9.59 Å². The minimum absolute atomic E-state index is 0.0441. The maximum Gasteiger partial charge on any atom is 0.416 e. The van der Waals surface area contributed by atoms with Gasteiger partial charge in [-0.25, -0.2) is 0 Å². The minimum atomic E-state index is -4.55. The first-order chi connectivity index (χ1) is 13.8. The van der Waals surface area contributed by atoms with Crippen molar-refractivity contribution in [2.24, 2.45) is 23.7 Å². The molecule has 4 atom stereocenters. The third kappa shape index (κ3) is 3.71. The van der Waals surface area contributed by atoms with E-state index in [0.717, 1.165) is 12.1 Å². The molecule has 1 aromatic carbocycles. The van der Waals surface area contributed by atoms with E-state index in [9.17, 15) is 27.9 Å². The number of carbonyl (C=O) groups excluding carboxylic acids is 1. The third-order valence-corrected chi connectivity index (χ3v) is 5.98. The minimum Gasteiger partial charge on any atom is -0.481 e. The topological polar surface area (TPSA) is 78.9 Å². The van der Waals surface area contributed by atoms with Crippen LogP contribution in [-0.2, 0) is 20.5 Å². The van der Waals surface area contributed by atoms with Crippen molar-refractivity contribution in [1.29, 1.82) is 0 Å². The first kappa shape index (κ1) is 19.8. The number of carboxylic acids is 1. The van der Waals surface area contributed by atoms with Gasteiger partial charge in [0, 0.05) is 13.1 Å². The van der Waals surface area contributed by atoms with Crippen LogP contribution in [0.15, 0.2) is 30.4 Å². The Morgan fingerprint density at radius 3 is 2.38 bits per heavy atom. The lowest BCUT2D eigenvalue weighted by atomic mass is 9.82. The summed E-state index contributed by atoms with van der Waals surface area (Å²) in [7, 11) is 0. The van der Waals surface area contributed by atoms with Gasteiger partial charge in [0.15, 0.2) is 0 Å². The molecule has 1 saturated heterocycles. The lowest BCUT2D eigenvalue weighted by Gasteiger charge is -2.31. The van der Waals surface area contributed by atoms with Gasteiger partial charge in [-0.2, -0.15) is 13.2 Å². The molecule has 1 heterocycles. The molecule has 1 saturated carbocycles. The van der Waals surface area contributed by atoms with E-state index in [1.165, 1.54) is 6.07 Å². The number of aliphatic carboxylic acids is 1. The number of allylic oxidation sites excluding steroid dienone is 2. The molecule has 2 N–H and O–H groups in total. The van der Waals surface area contributed by atoms with E-state index in [4.69, 9.17) is 4.74 Å². The molecule has 1 aromatic rings. The van der Waals surface area contributed by atoms with Crippen molar-refractivity contribution < 1.29 is 32.6 Å². The molecular formula is C20H21F3N2O4. The highest BCUT2D eigenvalue weighted by molar-refractivity contribution is 5.99. The van der Waals surface area contributed by atoms with E-state index in [1.54, 1.807) is 0 Å². The zero-order chi connectivity index (χ0) is 20.8. The molecule has 6 nitrogen and oxygen atoms in total. The quantitative estimate of drug-likeness (QED) is 0.747. The van der Waals surface area contributed by atoms with Crippen molar-refractivity contribution in [2.75, 3.05) is 36.5 Å². The van der Waals surface area contributed by atoms with Crippen LogP contribution in [0.1, 0.15) is 12.0 Å². The Balaban J connectivity index is 1.64. The largest absolute Gasteiger partial charge is 0.481 e. The molecule has 0 unspecified atom stereocenters. The van der Waals surface area contributed by atoms with Gasteiger partial charge < -0.3 is 20.1 Å². The Hall–Kier alpha value is -2.55. The monoisotopic (exact) mass is 410 g/mol. The highest BCUT2D eigenvalue weighted by atomic mass is 19.4. The molecule has 156 valence electrons. The number of amides is 1. The molecule has 4 rings (SSSR count). The molecule has 29 heavy (non-hydrogen) atoms. The first-order valence-electron chi connectivity index (χ1n) is 9.51. The molecule has 1 aliphatic heterocycles. The van der Waals surface area contributed by atoms with Gasteiger partial charge in [0.05, 0.1) is 42.0 Å². The number of hydrogen-bond donors (Lipinski definition) is 2. The molecule has 1 amide bonds. The van der Waals surface area contributed by atoms with Gasteiger partial charge >= 0.3 is 12.1 Å². The van der Waals surface area contributed by atoms with Crippen molar-refractivity contribution >= 4 is 23.3 Å². The molecule has 0 spiro atoms. The van der Waals surface area contributed by atoms with E-state index < -0.39 is 35.5 Å². The van der Waals surface area contributed by atoms with Gasteiger partial charge in [0.2, 0.25) is 5.91 Å². The van der Waals surface area contributed by atoms with Gasteiger partial charge in [-0.05, 0) is 36.5 Å². The van der Waals surface area contributed by atoms with E-state index in [1.807, 2.05) is 17.1 Å². The summed E-state index contributed by atoms with van der Waals surface area (Å²) in [5.41, 5.74) is -0.352. The maximum absolute atomic E-state index is 13.2. The number of carbonyl (C=O) groups is 2. The number of halogens is 3. The summed E-state index contributed by atoms with van der Waals surface area (Å²) < 4.78 is 45.0. The summed E-state index contributed by atoms with van der Waals surface area (Å²) in [6.45, 7) is 1.85. The summed E-state index contributed by atoms with van der Waals surface area (Å²) in [6.07, 6.45) is -0.324. The van der Waals surface area contributed by atoms with Crippen molar-refractivity contribution in [3.05, 3.63) is 35.9 Å². The lowest BCUT2D eigenvalue weighted by Crippen LogP contribution is -2.38. The number of alkyl halides is 3. The first-order valence-corrected chi connectivity index (χ1v) is 9.51. The number of hydrogen-bond acceptors (Lipinski definition) is 4. The van der Waals surface area contributed by atoms with Crippen LogP contribution in [0.5, 0.6) is 0 Å². The van der Waals surface area contributed by atoms with Gasteiger partial charge in [0.25, 0.3) is 0 Å². The normalized spacial score (nSPS) is 28.6. The van der Waals surface area contributed by atoms with Crippen molar-refractivity contribution in [2.45, 2.75) is 12.6 Å². The predicted octanol–water partition coefficient (Wildman–Crippen LogP) is 3.00. The van der Waals surface area contributed by atoms with E-state index in [-0.39, 0.29) is 17.5 Å². The number of morpholine rings is 1. The Morgan fingerprint density at radius 1 is 1.10 bits per heavy atom. The second-order valence-electron chi connectivity index (χ2n) is 7.66. The van der Waals surface area contributed by atoms with Crippen LogP contribution in [0, 0.1) is 23.7 Å². The standard InChI is InChI=1S/C20H21F3N2O4/c21-20(22,23)13-3-4-15(25-5-7-29-8-6-25)14(10-13)24-18(26)16-11-1-2-12(9-11)17(16)19(27)28/h1-4,10-12,16-17H,5-9H2,(H,24,26)(H,27,28)/t11-,12-,16-,17-/m0/s1. The summed E-state index contributed by atoms with van der Waals surface area (Å²) in [5.74, 6) is -3.69. The highest BCUT2D eigenvalue weighted by Gasteiger charge is 2.51. The fraction of sp³-hybridized carbons (Fsp3) is 0.500. The Kier molecular flexibility index (Phi) is 5.02. The molecule has 0 radical (unpaired) electrons. The van der Waals surface area contributed by atoms with Crippen LogP contribution in [0.4, 0.5) is 24.5 Å². The fourth-order valence-electron chi connectivity index (χ4n) is 4.62. The Labute approximate surface area is 165 Å². The molecule has 2 bridgehead atoms. The second kappa shape index (κ2) is 7.37. The van der Waals surface area contributed by atoms with Crippen molar-refractivity contribution in [3.8, 4) is 0 Å². The number of fused-ring (bicyclic) bond motifs is 2. The number of nitrogens with zero attached hydrogens (tertiary/aromatic N) is 1. The zero-order valence-electron chi connectivity index (χ0n) is 15.5. The van der Waals surface area contributed by atoms with Crippen LogP contribution < -0.4 is 10.2 Å². The van der Waals surface area contributed by atoms with Crippen LogP contribution >= 0.6 is 0 Å². The van der Waals surface area contributed by atoms with Crippen molar-refractivity contribution in [3.63, 3.8) is 0 Å². The predicted molar refractivity (Wildman–Crippen MR) is 98.5 cm³/mol. The molecule has 3 aliphatic rings. The number of nitrogens with one attached hydrogen (secondary N) is 1. The van der Waals surface area contributed by atoms with E-state index in [0.29, 0.717) is 38.4 Å². The molecule has 0 aromatic heterocycles. The van der Waals surface area contributed by atoms with Gasteiger partial charge in [0.1, 0.15) is 0 Å². The lowest BCUT2D eigenvalue weighted by molar-refractivity contribution is -0.146. The van der Waals surface area contributed by atoms with Crippen molar-refractivity contribution in [1.82, 2.24) is 0 Å². The summed E-state index contributed by atoms with van der Waals surface area (Å²) in [6, 6.07) is 3.25. The number of anilines is 2. The number of carboxylic acid groups (broad SMARTS) is 1. The van der Waals surface area contributed by atoms with E-state index >= 15 is 0 Å². The van der Waals surface area contributed by atoms with Gasteiger partial charge in [-0.1, -0.05) is 12.2 Å². The maximum atomic E-state index is 13.2. The van der Waals surface area contributed by atoms with Crippen LogP contribution in [0.25, 0.3) is 0 Å². The Morgan fingerprint density at radius 2 is 1.76 bits per heavy atom. The van der Waals surface area contributed by atoms with E-state index in [2.05, 4.69) is 5.32 Å². The smallest absolute Gasteiger partial charge is 0.416 e. The molecule has 9 heteroatoms. The SMILES string of the molecule is O=C(O)[C@@H]1[C@@H](C(=O)Nc2cc(C(F)(F)F)ccc2N2CCOCC2)[C@H]2C=C[C@H]1C2. The number of rotatable bonds is 4. The summed E-state index contributed by atoms with van der Waals surface area (Å²) >= 11 is 0. The molecule has 2 aliphatic carbocycles. The molecule has 2 fully saturated rings. The van der Waals surface area contributed by atoms with Crippen LogP contribution in [0.2, 0.25) is 0 Å².